The Hall–Kier alpha value is -2.76. The summed E-state index contributed by atoms with van der Waals surface area (Å²) in [5, 5.41) is 10.5. The number of methoxy groups -OCH3 is 1. The van der Waals surface area contributed by atoms with Crippen LogP contribution in [0.15, 0.2) is 84.0 Å². The zero-order valence-electron chi connectivity index (χ0n) is 16.1. The van der Waals surface area contributed by atoms with Crippen molar-refractivity contribution >= 4 is 23.4 Å². The van der Waals surface area contributed by atoms with Gasteiger partial charge in [0.15, 0.2) is 11.0 Å². The quantitative estimate of drug-likeness (QED) is 0.356. The van der Waals surface area contributed by atoms with Gasteiger partial charge in [-0.2, -0.15) is 0 Å². The molecular weight excluding hydrogens is 402 g/mol. The van der Waals surface area contributed by atoms with Gasteiger partial charge in [0, 0.05) is 12.1 Å². The second-order valence-corrected chi connectivity index (χ2v) is 8.03. The SMILES string of the molecule is COc1ccccc1-c1nnc(SC(c2ccccc2)c2ccc(Cl)cc2)n1C. The highest BCUT2D eigenvalue weighted by Crippen LogP contribution is 2.41. The molecule has 0 aliphatic rings. The molecule has 0 aliphatic heterocycles. The average Bonchev–Trinajstić information content (AvgIpc) is 3.13. The molecular formula is C23H20ClN3OS. The van der Waals surface area contributed by atoms with Gasteiger partial charge in [0.05, 0.1) is 17.9 Å². The van der Waals surface area contributed by atoms with Gasteiger partial charge in [-0.3, -0.25) is 0 Å². The number of aromatic nitrogens is 3. The molecule has 6 heteroatoms. The van der Waals surface area contributed by atoms with Gasteiger partial charge in [0.25, 0.3) is 0 Å². The topological polar surface area (TPSA) is 39.9 Å². The van der Waals surface area contributed by atoms with Gasteiger partial charge in [-0.25, -0.2) is 0 Å². The molecule has 1 unspecified atom stereocenters. The highest BCUT2D eigenvalue weighted by atomic mass is 35.5. The summed E-state index contributed by atoms with van der Waals surface area (Å²) in [4.78, 5) is 0. The number of para-hydroxylation sites is 1. The maximum Gasteiger partial charge on any atom is 0.192 e. The molecule has 0 spiro atoms. The Morgan fingerprint density at radius 3 is 2.24 bits per heavy atom. The normalized spacial score (nSPS) is 12.0. The van der Waals surface area contributed by atoms with Gasteiger partial charge < -0.3 is 9.30 Å². The zero-order chi connectivity index (χ0) is 20.2. The summed E-state index contributed by atoms with van der Waals surface area (Å²) in [7, 11) is 3.64. The Morgan fingerprint density at radius 2 is 1.52 bits per heavy atom. The van der Waals surface area contributed by atoms with E-state index in [4.69, 9.17) is 16.3 Å². The zero-order valence-corrected chi connectivity index (χ0v) is 17.7. The van der Waals surface area contributed by atoms with E-state index >= 15 is 0 Å². The predicted molar refractivity (Wildman–Crippen MR) is 119 cm³/mol. The fourth-order valence-corrected chi connectivity index (χ4v) is 4.44. The maximum atomic E-state index is 6.10. The highest BCUT2D eigenvalue weighted by Gasteiger charge is 2.21. The van der Waals surface area contributed by atoms with E-state index in [0.29, 0.717) is 0 Å². The second-order valence-electron chi connectivity index (χ2n) is 6.53. The van der Waals surface area contributed by atoms with E-state index in [2.05, 4.69) is 46.6 Å². The first kappa shape index (κ1) is 19.6. The van der Waals surface area contributed by atoms with Crippen molar-refractivity contribution < 1.29 is 4.74 Å². The van der Waals surface area contributed by atoms with Gasteiger partial charge in [-0.05, 0) is 35.4 Å². The first-order valence-electron chi connectivity index (χ1n) is 9.17. The molecule has 4 rings (SSSR count). The first-order valence-corrected chi connectivity index (χ1v) is 10.4. The van der Waals surface area contributed by atoms with E-state index in [1.165, 1.54) is 5.56 Å². The van der Waals surface area contributed by atoms with E-state index in [0.717, 1.165) is 32.9 Å². The summed E-state index contributed by atoms with van der Waals surface area (Å²) >= 11 is 7.76. The van der Waals surface area contributed by atoms with Crippen LogP contribution in [0.2, 0.25) is 5.02 Å². The van der Waals surface area contributed by atoms with Crippen molar-refractivity contribution in [3.05, 3.63) is 95.0 Å². The van der Waals surface area contributed by atoms with Crippen LogP contribution in [-0.2, 0) is 7.05 Å². The van der Waals surface area contributed by atoms with Crippen LogP contribution in [0.4, 0.5) is 0 Å². The van der Waals surface area contributed by atoms with E-state index < -0.39 is 0 Å². The van der Waals surface area contributed by atoms with Crippen LogP contribution in [0.3, 0.4) is 0 Å². The molecule has 1 aromatic heterocycles. The van der Waals surface area contributed by atoms with Crippen molar-refractivity contribution in [3.8, 4) is 17.1 Å². The molecule has 0 fully saturated rings. The molecule has 3 aromatic carbocycles. The number of ether oxygens (including phenoxy) is 1. The lowest BCUT2D eigenvalue weighted by Gasteiger charge is -2.17. The molecule has 0 N–H and O–H groups in total. The molecule has 0 saturated heterocycles. The number of benzene rings is 3. The van der Waals surface area contributed by atoms with Crippen molar-refractivity contribution in [2.75, 3.05) is 7.11 Å². The Bertz CT molecular complexity index is 1100. The molecule has 1 atom stereocenters. The summed E-state index contributed by atoms with van der Waals surface area (Å²) < 4.78 is 7.50. The van der Waals surface area contributed by atoms with Gasteiger partial charge in [0.1, 0.15) is 5.75 Å². The molecule has 0 saturated carbocycles. The van der Waals surface area contributed by atoms with E-state index in [-0.39, 0.29) is 5.25 Å². The smallest absolute Gasteiger partial charge is 0.192 e. The molecule has 146 valence electrons. The van der Waals surface area contributed by atoms with Crippen LogP contribution in [0.25, 0.3) is 11.4 Å². The Balaban J connectivity index is 1.72. The molecule has 0 bridgehead atoms. The third-order valence-corrected chi connectivity index (χ3v) is 6.28. The Kier molecular flexibility index (Phi) is 5.88. The molecule has 29 heavy (non-hydrogen) atoms. The second kappa shape index (κ2) is 8.72. The summed E-state index contributed by atoms with van der Waals surface area (Å²) in [5.41, 5.74) is 3.27. The van der Waals surface area contributed by atoms with Crippen molar-refractivity contribution in [1.82, 2.24) is 14.8 Å². The number of hydrogen-bond acceptors (Lipinski definition) is 4. The molecule has 0 radical (unpaired) electrons. The van der Waals surface area contributed by atoms with Crippen molar-refractivity contribution in [1.29, 1.82) is 0 Å². The van der Waals surface area contributed by atoms with Gasteiger partial charge in [-0.1, -0.05) is 78.0 Å². The van der Waals surface area contributed by atoms with Crippen LogP contribution in [0.5, 0.6) is 5.75 Å². The van der Waals surface area contributed by atoms with Gasteiger partial charge in [0.2, 0.25) is 0 Å². The van der Waals surface area contributed by atoms with Crippen LogP contribution in [0.1, 0.15) is 16.4 Å². The number of halogens is 1. The average molecular weight is 422 g/mol. The highest BCUT2D eigenvalue weighted by molar-refractivity contribution is 7.99. The molecule has 4 aromatic rings. The lowest BCUT2D eigenvalue weighted by molar-refractivity contribution is 0.416. The Labute approximate surface area is 179 Å². The van der Waals surface area contributed by atoms with Crippen LogP contribution in [0, 0.1) is 0 Å². The third kappa shape index (κ3) is 4.16. The minimum atomic E-state index is 0.0712. The standard InChI is InChI=1S/C23H20ClN3OS/c1-27-22(19-10-6-7-11-20(19)28-2)25-26-23(27)29-21(16-8-4-3-5-9-16)17-12-14-18(24)15-13-17/h3-15,21H,1-2H3. The summed E-state index contributed by atoms with van der Waals surface area (Å²) in [6.07, 6.45) is 0. The number of rotatable bonds is 6. The Morgan fingerprint density at radius 1 is 0.862 bits per heavy atom. The van der Waals surface area contributed by atoms with Gasteiger partial charge in [-0.15, -0.1) is 10.2 Å². The predicted octanol–water partition coefficient (Wildman–Crippen LogP) is 6.03. The van der Waals surface area contributed by atoms with E-state index in [9.17, 15) is 0 Å². The maximum absolute atomic E-state index is 6.10. The molecule has 0 amide bonds. The fourth-order valence-electron chi connectivity index (χ4n) is 3.18. The molecule has 0 aliphatic carbocycles. The summed E-state index contributed by atoms with van der Waals surface area (Å²) in [5.74, 6) is 1.55. The minimum Gasteiger partial charge on any atom is -0.496 e. The van der Waals surface area contributed by atoms with E-state index in [1.54, 1.807) is 18.9 Å². The monoisotopic (exact) mass is 421 g/mol. The molecule has 1 heterocycles. The van der Waals surface area contributed by atoms with Crippen molar-refractivity contribution in [2.24, 2.45) is 7.05 Å². The number of hydrogen-bond donors (Lipinski definition) is 0. The minimum absolute atomic E-state index is 0.0712. The number of nitrogens with zero attached hydrogens (tertiary/aromatic N) is 3. The van der Waals surface area contributed by atoms with Crippen molar-refractivity contribution in [3.63, 3.8) is 0 Å². The van der Waals surface area contributed by atoms with E-state index in [1.807, 2.05) is 54.1 Å². The van der Waals surface area contributed by atoms with Gasteiger partial charge >= 0.3 is 0 Å². The lowest BCUT2D eigenvalue weighted by atomic mass is 10.0. The van der Waals surface area contributed by atoms with Crippen LogP contribution in [-0.4, -0.2) is 21.9 Å². The van der Waals surface area contributed by atoms with Crippen LogP contribution < -0.4 is 4.74 Å². The molecule has 4 nitrogen and oxygen atoms in total. The lowest BCUT2D eigenvalue weighted by Crippen LogP contribution is -2.01. The largest absolute Gasteiger partial charge is 0.496 e. The first-order chi connectivity index (χ1) is 14.2. The summed E-state index contributed by atoms with van der Waals surface area (Å²) in [6.45, 7) is 0. The third-order valence-electron chi connectivity index (χ3n) is 4.68. The van der Waals surface area contributed by atoms with Crippen molar-refractivity contribution in [2.45, 2.75) is 10.4 Å². The van der Waals surface area contributed by atoms with Crippen LogP contribution >= 0.6 is 23.4 Å². The summed E-state index contributed by atoms with van der Waals surface area (Å²) in [6, 6.07) is 26.2. The fraction of sp³-hybridized carbons (Fsp3) is 0.130. The number of thioether (sulfide) groups is 1.